The summed E-state index contributed by atoms with van der Waals surface area (Å²) >= 11 is 0. The molecule has 1 N–H and O–H groups in total. The zero-order chi connectivity index (χ0) is 19.4. The molecule has 0 unspecified atom stereocenters. The monoisotopic (exact) mass is 375 g/mol. The van der Waals surface area contributed by atoms with E-state index in [1.807, 2.05) is 0 Å². The maximum atomic E-state index is 14.3. The minimum Gasteiger partial charge on any atom is -0.459 e. The Kier molecular flexibility index (Phi) is 5.60. The third kappa shape index (κ3) is 4.56. The summed E-state index contributed by atoms with van der Waals surface area (Å²) in [5, 5.41) is 2.38. The third-order valence-corrected chi connectivity index (χ3v) is 3.95. The highest BCUT2D eigenvalue weighted by atomic mass is 19.1. The van der Waals surface area contributed by atoms with Gasteiger partial charge in [-0.2, -0.15) is 4.98 Å². The van der Waals surface area contributed by atoms with Crippen LogP contribution >= 0.6 is 0 Å². The standard InChI is InChI=1S/C18H18FN3O5/c1-11(23)20-15-7-8-22(18(25)21-15)16-14(19)9-13(27-16)10-26-17(24)12-5-3-2-4-6-12/h2-8,13-14,16H,9-10H2,1H3,(H,20,21,23,25)/t13-,14-,16+/m0/s1. The van der Waals surface area contributed by atoms with Crippen LogP contribution in [0.25, 0.3) is 0 Å². The Labute approximate surface area is 153 Å². The lowest BCUT2D eigenvalue weighted by molar-refractivity contribution is -0.114. The van der Waals surface area contributed by atoms with Crippen molar-refractivity contribution in [3.05, 3.63) is 58.6 Å². The van der Waals surface area contributed by atoms with Crippen LogP contribution in [0.3, 0.4) is 0 Å². The first-order valence-electron chi connectivity index (χ1n) is 8.32. The molecule has 1 aromatic heterocycles. The Morgan fingerprint density at radius 3 is 2.74 bits per heavy atom. The number of aromatic nitrogens is 2. The molecule has 9 heteroatoms. The van der Waals surface area contributed by atoms with Gasteiger partial charge in [-0.3, -0.25) is 9.36 Å². The fraction of sp³-hybridized carbons (Fsp3) is 0.333. The number of halogens is 1. The van der Waals surface area contributed by atoms with E-state index in [2.05, 4.69) is 10.3 Å². The van der Waals surface area contributed by atoms with Crippen molar-refractivity contribution >= 4 is 17.7 Å². The van der Waals surface area contributed by atoms with Gasteiger partial charge in [0.1, 0.15) is 18.6 Å². The Balaban J connectivity index is 1.62. The van der Waals surface area contributed by atoms with Gasteiger partial charge in [0.05, 0.1) is 11.7 Å². The minimum atomic E-state index is -1.46. The molecule has 1 aliphatic rings. The number of hydrogen-bond acceptors (Lipinski definition) is 6. The van der Waals surface area contributed by atoms with Gasteiger partial charge in [-0.25, -0.2) is 14.0 Å². The van der Waals surface area contributed by atoms with Crippen LogP contribution in [-0.2, 0) is 14.3 Å². The number of carbonyl (C=O) groups excluding carboxylic acids is 2. The van der Waals surface area contributed by atoms with Gasteiger partial charge in [-0.05, 0) is 18.2 Å². The van der Waals surface area contributed by atoms with E-state index >= 15 is 0 Å². The zero-order valence-corrected chi connectivity index (χ0v) is 14.5. The van der Waals surface area contributed by atoms with E-state index in [-0.39, 0.29) is 24.8 Å². The highest BCUT2D eigenvalue weighted by Gasteiger charge is 2.38. The summed E-state index contributed by atoms with van der Waals surface area (Å²) in [7, 11) is 0. The maximum absolute atomic E-state index is 14.3. The van der Waals surface area contributed by atoms with Crippen molar-refractivity contribution in [1.82, 2.24) is 9.55 Å². The highest BCUT2D eigenvalue weighted by Crippen LogP contribution is 2.30. The van der Waals surface area contributed by atoms with Crippen LogP contribution in [0.4, 0.5) is 10.2 Å². The van der Waals surface area contributed by atoms with E-state index in [4.69, 9.17) is 9.47 Å². The number of carbonyl (C=O) groups is 2. The van der Waals surface area contributed by atoms with Crippen LogP contribution in [-0.4, -0.2) is 40.3 Å². The Hall–Kier alpha value is -3.07. The fourth-order valence-corrected chi connectivity index (χ4v) is 2.74. The average molecular weight is 375 g/mol. The van der Waals surface area contributed by atoms with Gasteiger partial charge >= 0.3 is 11.7 Å². The zero-order valence-electron chi connectivity index (χ0n) is 14.5. The van der Waals surface area contributed by atoms with Gasteiger partial charge in [0.15, 0.2) is 6.23 Å². The molecular formula is C18H18FN3O5. The van der Waals surface area contributed by atoms with Gasteiger partial charge < -0.3 is 14.8 Å². The number of nitrogens with zero attached hydrogens (tertiary/aromatic N) is 2. The summed E-state index contributed by atoms with van der Waals surface area (Å²) in [5.41, 5.74) is -0.367. The molecule has 1 fully saturated rings. The first-order chi connectivity index (χ1) is 12.9. The molecule has 1 aliphatic heterocycles. The Morgan fingerprint density at radius 2 is 2.07 bits per heavy atom. The van der Waals surface area contributed by atoms with Crippen molar-refractivity contribution in [1.29, 1.82) is 0 Å². The lowest BCUT2D eigenvalue weighted by Gasteiger charge is -2.16. The van der Waals surface area contributed by atoms with Crippen molar-refractivity contribution < 1.29 is 23.5 Å². The van der Waals surface area contributed by atoms with Crippen LogP contribution in [0.5, 0.6) is 0 Å². The molecule has 3 atom stereocenters. The smallest absolute Gasteiger partial charge is 0.351 e. The number of nitrogens with one attached hydrogen (secondary N) is 1. The van der Waals surface area contributed by atoms with Crippen molar-refractivity contribution in [3.63, 3.8) is 0 Å². The van der Waals surface area contributed by atoms with Gasteiger partial charge in [-0.1, -0.05) is 18.2 Å². The van der Waals surface area contributed by atoms with E-state index in [9.17, 15) is 18.8 Å². The Morgan fingerprint density at radius 1 is 1.33 bits per heavy atom. The van der Waals surface area contributed by atoms with Crippen LogP contribution < -0.4 is 11.0 Å². The lowest BCUT2D eigenvalue weighted by Crippen LogP contribution is -2.31. The number of rotatable bonds is 5. The van der Waals surface area contributed by atoms with Gasteiger partial charge in [0, 0.05) is 19.5 Å². The summed E-state index contributed by atoms with van der Waals surface area (Å²) in [6.45, 7) is 1.16. The minimum absolute atomic E-state index is 0.0212. The second kappa shape index (κ2) is 8.09. The van der Waals surface area contributed by atoms with E-state index in [0.29, 0.717) is 5.56 Å². The summed E-state index contributed by atoms with van der Waals surface area (Å²) in [4.78, 5) is 38.7. The number of esters is 1. The summed E-state index contributed by atoms with van der Waals surface area (Å²) in [6, 6.07) is 9.79. The summed E-state index contributed by atoms with van der Waals surface area (Å²) in [6.07, 6.45) is -2.03. The predicted molar refractivity (Wildman–Crippen MR) is 92.9 cm³/mol. The van der Waals surface area contributed by atoms with E-state index in [1.165, 1.54) is 19.2 Å². The van der Waals surface area contributed by atoms with Gasteiger partial charge in [0.25, 0.3) is 0 Å². The molecular weight excluding hydrogens is 357 g/mol. The average Bonchev–Trinajstić information content (AvgIpc) is 3.00. The second-order valence-electron chi connectivity index (χ2n) is 6.05. The van der Waals surface area contributed by atoms with E-state index in [0.717, 1.165) is 4.57 Å². The topological polar surface area (TPSA) is 99.5 Å². The number of anilines is 1. The molecule has 0 bridgehead atoms. The number of benzene rings is 1. The van der Waals surface area contributed by atoms with Crippen molar-refractivity contribution in [3.8, 4) is 0 Å². The molecule has 2 heterocycles. The normalized spacial score (nSPS) is 21.6. The molecule has 0 radical (unpaired) electrons. The lowest BCUT2D eigenvalue weighted by atomic mass is 10.2. The Bertz CT molecular complexity index is 886. The van der Waals surface area contributed by atoms with Crippen molar-refractivity contribution in [2.24, 2.45) is 0 Å². The van der Waals surface area contributed by atoms with E-state index < -0.39 is 30.2 Å². The predicted octanol–water partition coefficient (Wildman–Crippen LogP) is 1.68. The molecule has 142 valence electrons. The summed E-state index contributed by atoms with van der Waals surface area (Å²) in [5.74, 6) is -0.831. The molecule has 27 heavy (non-hydrogen) atoms. The third-order valence-electron chi connectivity index (χ3n) is 3.95. The maximum Gasteiger partial charge on any atom is 0.351 e. The molecule has 8 nitrogen and oxygen atoms in total. The van der Waals surface area contributed by atoms with Crippen molar-refractivity contribution in [2.75, 3.05) is 11.9 Å². The van der Waals surface area contributed by atoms with Gasteiger partial charge in [0.2, 0.25) is 5.91 Å². The van der Waals surface area contributed by atoms with Crippen LogP contribution in [0.15, 0.2) is 47.4 Å². The van der Waals surface area contributed by atoms with Gasteiger partial charge in [-0.15, -0.1) is 0 Å². The molecule has 1 amide bonds. The highest BCUT2D eigenvalue weighted by molar-refractivity contribution is 5.89. The molecule has 1 saturated heterocycles. The van der Waals surface area contributed by atoms with Crippen LogP contribution in [0, 0.1) is 0 Å². The second-order valence-corrected chi connectivity index (χ2v) is 6.05. The van der Waals surface area contributed by atoms with Crippen LogP contribution in [0.2, 0.25) is 0 Å². The molecule has 1 aromatic carbocycles. The summed E-state index contributed by atoms with van der Waals surface area (Å²) < 4.78 is 26.0. The molecule has 2 aromatic rings. The van der Waals surface area contributed by atoms with Crippen molar-refractivity contribution in [2.45, 2.75) is 31.8 Å². The SMILES string of the molecule is CC(=O)Nc1ccn([C@@H]2O[C@H](COC(=O)c3ccccc3)C[C@@H]2F)c(=O)n1. The number of hydrogen-bond donors (Lipinski definition) is 1. The van der Waals surface area contributed by atoms with E-state index in [1.54, 1.807) is 30.3 Å². The fourth-order valence-electron chi connectivity index (χ4n) is 2.74. The quantitative estimate of drug-likeness (QED) is 0.799. The largest absolute Gasteiger partial charge is 0.459 e. The number of ether oxygens (including phenoxy) is 2. The molecule has 0 spiro atoms. The molecule has 3 rings (SSSR count). The first kappa shape index (κ1) is 18.7. The molecule has 0 saturated carbocycles. The first-order valence-corrected chi connectivity index (χ1v) is 8.32. The number of amides is 1. The molecule has 0 aliphatic carbocycles. The van der Waals surface area contributed by atoms with Crippen LogP contribution in [0.1, 0.15) is 29.9 Å². The number of alkyl halides is 1.